The van der Waals surface area contributed by atoms with Gasteiger partial charge in [0.15, 0.2) is 0 Å². The number of thiophene rings is 1. The van der Waals surface area contributed by atoms with E-state index in [4.69, 9.17) is 28.9 Å². The number of aromatic nitrogens is 2. The van der Waals surface area contributed by atoms with Crippen molar-refractivity contribution < 1.29 is 4.79 Å². The molecule has 5 rings (SSSR count). The van der Waals surface area contributed by atoms with Gasteiger partial charge in [-0.15, -0.1) is 21.5 Å². The van der Waals surface area contributed by atoms with Gasteiger partial charge in [-0.3, -0.25) is 4.79 Å². The molecule has 0 radical (unpaired) electrons. The summed E-state index contributed by atoms with van der Waals surface area (Å²) in [6, 6.07) is 24.6. The average Bonchev–Trinajstić information content (AvgIpc) is 3.22. The largest absolute Gasteiger partial charge is 0.397 e. The molecular formula is C26H17Cl2N5OS. The molecule has 0 spiro atoms. The van der Waals surface area contributed by atoms with Crippen molar-refractivity contribution in [3.63, 3.8) is 0 Å². The van der Waals surface area contributed by atoms with Crippen LogP contribution in [0.4, 0.5) is 5.69 Å². The number of anilines is 1. The maximum atomic E-state index is 13.0. The number of fused-ring (bicyclic) bond motifs is 1. The number of carbonyl (C=O) groups is 1. The van der Waals surface area contributed by atoms with Gasteiger partial charge in [0.05, 0.1) is 16.9 Å². The average molecular weight is 518 g/mol. The normalized spacial score (nSPS) is 11.3. The summed E-state index contributed by atoms with van der Waals surface area (Å²) in [6.07, 6.45) is 1.45. The topological polar surface area (TPSA) is 93.3 Å². The Balaban J connectivity index is 1.56. The second kappa shape index (κ2) is 9.84. The number of benzene rings is 3. The number of amides is 1. The fourth-order valence-electron chi connectivity index (χ4n) is 3.68. The molecule has 6 nitrogen and oxygen atoms in total. The molecule has 0 aliphatic heterocycles. The first kappa shape index (κ1) is 23.0. The van der Waals surface area contributed by atoms with E-state index in [-0.39, 0.29) is 0 Å². The molecule has 172 valence electrons. The van der Waals surface area contributed by atoms with Gasteiger partial charge in [0.1, 0.15) is 15.4 Å². The number of halogens is 2. The lowest BCUT2D eigenvalue weighted by Crippen LogP contribution is -2.17. The van der Waals surface area contributed by atoms with Crippen molar-refractivity contribution in [1.29, 1.82) is 0 Å². The Morgan fingerprint density at radius 3 is 2.31 bits per heavy atom. The highest BCUT2D eigenvalue weighted by atomic mass is 35.5. The van der Waals surface area contributed by atoms with Crippen LogP contribution < -0.4 is 11.2 Å². The molecule has 5 aromatic rings. The van der Waals surface area contributed by atoms with Gasteiger partial charge in [0.2, 0.25) is 0 Å². The van der Waals surface area contributed by atoms with Gasteiger partial charge in [0.25, 0.3) is 5.91 Å². The van der Waals surface area contributed by atoms with Gasteiger partial charge in [-0.2, -0.15) is 5.10 Å². The molecule has 1 amide bonds. The van der Waals surface area contributed by atoms with E-state index in [9.17, 15) is 4.79 Å². The molecule has 0 bridgehead atoms. The highest BCUT2D eigenvalue weighted by molar-refractivity contribution is 7.21. The molecule has 0 saturated carbocycles. The van der Waals surface area contributed by atoms with Gasteiger partial charge in [-0.25, -0.2) is 5.43 Å². The first-order valence-electron chi connectivity index (χ1n) is 10.5. The molecule has 0 atom stereocenters. The minimum absolute atomic E-state index is 0.302. The molecule has 0 saturated heterocycles. The van der Waals surface area contributed by atoms with E-state index in [1.807, 2.05) is 60.7 Å². The van der Waals surface area contributed by atoms with Crippen LogP contribution in [0.1, 0.15) is 15.2 Å². The predicted octanol–water partition coefficient (Wildman–Crippen LogP) is 6.68. The van der Waals surface area contributed by atoms with Crippen molar-refractivity contribution >= 4 is 62.6 Å². The van der Waals surface area contributed by atoms with Crippen LogP contribution in [0.15, 0.2) is 84.0 Å². The first-order valence-corrected chi connectivity index (χ1v) is 12.1. The van der Waals surface area contributed by atoms with E-state index in [1.54, 1.807) is 18.2 Å². The number of rotatable bonds is 5. The highest BCUT2D eigenvalue weighted by Gasteiger charge is 2.23. The van der Waals surface area contributed by atoms with Crippen molar-refractivity contribution in [3.8, 4) is 22.4 Å². The molecule has 0 fully saturated rings. The van der Waals surface area contributed by atoms with E-state index in [1.165, 1.54) is 17.6 Å². The van der Waals surface area contributed by atoms with E-state index < -0.39 is 5.91 Å². The van der Waals surface area contributed by atoms with Crippen molar-refractivity contribution in [2.24, 2.45) is 5.10 Å². The maximum absolute atomic E-state index is 13.0. The van der Waals surface area contributed by atoms with Crippen LogP contribution in [-0.2, 0) is 0 Å². The standard InChI is InChI=1S/C26H17Cl2N5OS/c27-18-12-11-17(19(28)13-18)14-30-32-25(34)24-22(29)21-20(15-7-3-1-4-8-15)23(31-33-26(21)35-24)16-9-5-2-6-10-16/h1-14H,29H2,(H,32,34)/b30-14+. The molecule has 0 aliphatic carbocycles. The second-order valence-electron chi connectivity index (χ2n) is 7.55. The third kappa shape index (κ3) is 4.61. The van der Waals surface area contributed by atoms with Crippen molar-refractivity contribution in [2.45, 2.75) is 0 Å². The van der Waals surface area contributed by atoms with Crippen LogP contribution >= 0.6 is 34.5 Å². The Hall–Kier alpha value is -3.78. The number of nitrogens with zero attached hydrogens (tertiary/aromatic N) is 3. The summed E-state index contributed by atoms with van der Waals surface area (Å²) in [5.41, 5.74) is 13.4. The Bertz CT molecular complexity index is 1570. The summed E-state index contributed by atoms with van der Waals surface area (Å²) in [5, 5.41) is 14.6. The van der Waals surface area contributed by atoms with Crippen molar-refractivity contribution in [2.75, 3.05) is 5.73 Å². The molecule has 3 N–H and O–H groups in total. The third-order valence-electron chi connectivity index (χ3n) is 5.30. The number of hydrogen-bond donors (Lipinski definition) is 2. The van der Waals surface area contributed by atoms with E-state index in [2.05, 4.69) is 20.7 Å². The zero-order valence-electron chi connectivity index (χ0n) is 18.1. The van der Waals surface area contributed by atoms with Gasteiger partial charge in [-0.1, -0.05) is 89.9 Å². The number of nitrogen functional groups attached to an aromatic ring is 1. The Labute approximate surface area is 215 Å². The lowest BCUT2D eigenvalue weighted by atomic mass is 9.96. The van der Waals surface area contributed by atoms with E-state index >= 15 is 0 Å². The van der Waals surface area contributed by atoms with E-state index in [0.717, 1.165) is 16.7 Å². The summed E-state index contributed by atoms with van der Waals surface area (Å²) in [5.74, 6) is -0.452. The number of hydrogen-bond acceptors (Lipinski definition) is 6. The second-order valence-corrected chi connectivity index (χ2v) is 9.39. The fraction of sp³-hybridized carbons (Fsp3) is 0. The summed E-state index contributed by atoms with van der Waals surface area (Å²) < 4.78 is 0. The minimum Gasteiger partial charge on any atom is -0.397 e. The molecule has 0 unspecified atom stereocenters. The highest BCUT2D eigenvalue weighted by Crippen LogP contribution is 2.42. The Morgan fingerprint density at radius 2 is 1.63 bits per heavy atom. The quantitative estimate of drug-likeness (QED) is 0.201. The molecule has 3 aromatic carbocycles. The number of nitrogens with two attached hydrogens (primary N) is 1. The van der Waals surface area contributed by atoms with Crippen molar-refractivity contribution in [1.82, 2.24) is 15.6 Å². The van der Waals surface area contributed by atoms with Crippen LogP contribution in [0.2, 0.25) is 10.0 Å². The van der Waals surface area contributed by atoms with E-state index in [0.29, 0.717) is 42.1 Å². The van der Waals surface area contributed by atoms with Crippen LogP contribution in [0.3, 0.4) is 0 Å². The number of hydrazone groups is 1. The zero-order chi connectivity index (χ0) is 24.4. The summed E-state index contributed by atoms with van der Waals surface area (Å²) in [6.45, 7) is 0. The number of nitrogens with one attached hydrogen (secondary N) is 1. The van der Waals surface area contributed by atoms with Crippen LogP contribution in [-0.4, -0.2) is 22.3 Å². The summed E-state index contributed by atoms with van der Waals surface area (Å²) in [4.78, 5) is 13.8. The Kier molecular flexibility index (Phi) is 6.46. The molecule has 2 aromatic heterocycles. The first-order chi connectivity index (χ1) is 17.0. The van der Waals surface area contributed by atoms with Crippen LogP contribution in [0.5, 0.6) is 0 Å². The molecule has 9 heteroatoms. The minimum atomic E-state index is -0.452. The lowest BCUT2D eigenvalue weighted by Gasteiger charge is -2.11. The van der Waals surface area contributed by atoms with Gasteiger partial charge < -0.3 is 5.73 Å². The summed E-state index contributed by atoms with van der Waals surface area (Å²) in [7, 11) is 0. The molecule has 0 aliphatic rings. The predicted molar refractivity (Wildman–Crippen MR) is 144 cm³/mol. The fourth-order valence-corrected chi connectivity index (χ4v) is 5.07. The SMILES string of the molecule is Nc1c(C(=O)N/N=C/c2ccc(Cl)cc2Cl)sc2nnc(-c3ccccc3)c(-c3ccccc3)c12. The monoisotopic (exact) mass is 517 g/mol. The summed E-state index contributed by atoms with van der Waals surface area (Å²) >= 11 is 13.3. The molecule has 2 heterocycles. The smallest absolute Gasteiger partial charge is 0.283 e. The van der Waals surface area contributed by atoms with Gasteiger partial charge in [-0.05, 0) is 17.7 Å². The van der Waals surface area contributed by atoms with Crippen LogP contribution in [0, 0.1) is 0 Å². The zero-order valence-corrected chi connectivity index (χ0v) is 20.4. The maximum Gasteiger partial charge on any atom is 0.283 e. The number of carbonyl (C=O) groups excluding carboxylic acids is 1. The van der Waals surface area contributed by atoms with Crippen LogP contribution in [0.25, 0.3) is 32.6 Å². The molecular weight excluding hydrogens is 501 g/mol. The van der Waals surface area contributed by atoms with Crippen molar-refractivity contribution in [3.05, 3.63) is 99.3 Å². The lowest BCUT2D eigenvalue weighted by molar-refractivity contribution is 0.0960. The van der Waals surface area contributed by atoms with Gasteiger partial charge >= 0.3 is 0 Å². The Morgan fingerprint density at radius 1 is 0.943 bits per heavy atom. The third-order valence-corrected chi connectivity index (χ3v) is 6.95. The van der Waals surface area contributed by atoms with Gasteiger partial charge in [0, 0.05) is 27.1 Å². The molecule has 35 heavy (non-hydrogen) atoms.